The van der Waals surface area contributed by atoms with Crippen LogP contribution in [0.4, 0.5) is 18.9 Å². The van der Waals surface area contributed by atoms with Crippen LogP contribution >= 0.6 is 0 Å². The van der Waals surface area contributed by atoms with Gasteiger partial charge in [0.2, 0.25) is 11.8 Å². The van der Waals surface area contributed by atoms with Crippen molar-refractivity contribution in [2.45, 2.75) is 38.0 Å². The Labute approximate surface area is 215 Å². The smallest absolute Gasteiger partial charge is 0.406 e. The van der Waals surface area contributed by atoms with Gasteiger partial charge in [0.15, 0.2) is 0 Å². The highest BCUT2D eigenvalue weighted by atomic mass is 19.4. The predicted molar refractivity (Wildman–Crippen MR) is 136 cm³/mol. The van der Waals surface area contributed by atoms with Gasteiger partial charge in [-0.3, -0.25) is 9.59 Å². The highest BCUT2D eigenvalue weighted by Gasteiger charge is 2.31. The van der Waals surface area contributed by atoms with Crippen LogP contribution in [0.25, 0.3) is 6.08 Å². The summed E-state index contributed by atoms with van der Waals surface area (Å²) in [6.07, 6.45) is 2.01. The fourth-order valence-corrected chi connectivity index (χ4v) is 5.03. The highest BCUT2D eigenvalue weighted by molar-refractivity contribution is 6.01. The molecule has 2 heterocycles. The Hall–Kier alpha value is -3.33. The van der Waals surface area contributed by atoms with Gasteiger partial charge < -0.3 is 19.9 Å². The molecule has 2 aliphatic heterocycles. The van der Waals surface area contributed by atoms with Crippen molar-refractivity contribution in [3.63, 3.8) is 0 Å². The van der Waals surface area contributed by atoms with Gasteiger partial charge in [0.25, 0.3) is 0 Å². The monoisotopic (exact) mass is 515 g/mol. The summed E-state index contributed by atoms with van der Waals surface area (Å²) in [6.45, 7) is 3.47. The maximum atomic E-state index is 12.9. The van der Waals surface area contributed by atoms with Gasteiger partial charge >= 0.3 is 6.36 Å². The average molecular weight is 516 g/mol. The summed E-state index contributed by atoms with van der Waals surface area (Å²) in [7, 11) is 2.08. The SMILES string of the molecule is CN1CCCC(C(=O)N2CCC(c3ccc(NC(=O)/C=C/c4ccc(OC(F)(F)F)cc4)cc3)CC2)C1. The zero-order valence-electron chi connectivity index (χ0n) is 20.8. The van der Waals surface area contributed by atoms with Crippen molar-refractivity contribution in [1.29, 1.82) is 0 Å². The number of halogens is 3. The molecule has 6 nitrogen and oxygen atoms in total. The summed E-state index contributed by atoms with van der Waals surface area (Å²) < 4.78 is 40.6. The molecule has 0 radical (unpaired) electrons. The van der Waals surface area contributed by atoms with Crippen molar-refractivity contribution < 1.29 is 27.5 Å². The molecule has 0 aliphatic carbocycles. The Bertz CT molecular complexity index is 1090. The van der Waals surface area contributed by atoms with Crippen molar-refractivity contribution >= 4 is 23.6 Å². The second-order valence-corrected chi connectivity index (χ2v) is 9.76. The number of piperidine rings is 2. The molecule has 2 fully saturated rings. The van der Waals surface area contributed by atoms with E-state index in [-0.39, 0.29) is 17.6 Å². The van der Waals surface area contributed by atoms with E-state index in [0.717, 1.165) is 51.9 Å². The first-order chi connectivity index (χ1) is 17.7. The largest absolute Gasteiger partial charge is 0.573 e. The molecule has 2 aromatic carbocycles. The summed E-state index contributed by atoms with van der Waals surface area (Å²) in [6, 6.07) is 13.0. The van der Waals surface area contributed by atoms with Crippen molar-refractivity contribution in [3.8, 4) is 5.75 Å². The molecule has 1 atom stereocenters. The molecule has 0 aromatic heterocycles. The second kappa shape index (κ2) is 11.8. The maximum Gasteiger partial charge on any atom is 0.573 e. The van der Waals surface area contributed by atoms with E-state index in [9.17, 15) is 22.8 Å². The quantitative estimate of drug-likeness (QED) is 0.532. The van der Waals surface area contributed by atoms with Crippen LogP contribution < -0.4 is 10.1 Å². The van der Waals surface area contributed by atoms with Crippen molar-refractivity contribution in [2.24, 2.45) is 5.92 Å². The van der Waals surface area contributed by atoms with Crippen LogP contribution in [-0.2, 0) is 9.59 Å². The van der Waals surface area contributed by atoms with Crippen LogP contribution in [0, 0.1) is 5.92 Å². The average Bonchev–Trinajstić information content (AvgIpc) is 2.87. The fourth-order valence-electron chi connectivity index (χ4n) is 5.03. The van der Waals surface area contributed by atoms with E-state index in [2.05, 4.69) is 22.0 Å². The summed E-state index contributed by atoms with van der Waals surface area (Å²) in [5.41, 5.74) is 2.42. The third kappa shape index (κ3) is 7.82. The number of likely N-dealkylation sites (tertiary alicyclic amines) is 2. The summed E-state index contributed by atoms with van der Waals surface area (Å²) in [5.74, 6) is 0.135. The second-order valence-electron chi connectivity index (χ2n) is 9.76. The summed E-state index contributed by atoms with van der Waals surface area (Å²) in [4.78, 5) is 29.4. The molecular formula is C28H32F3N3O3. The van der Waals surface area contributed by atoms with Gasteiger partial charge in [-0.2, -0.15) is 0 Å². The highest BCUT2D eigenvalue weighted by Crippen LogP contribution is 2.30. The van der Waals surface area contributed by atoms with Gasteiger partial charge in [-0.15, -0.1) is 13.2 Å². The molecule has 2 aliphatic rings. The summed E-state index contributed by atoms with van der Waals surface area (Å²) in [5, 5.41) is 2.79. The number of alkyl halides is 3. The van der Waals surface area contributed by atoms with Crippen molar-refractivity contribution in [2.75, 3.05) is 38.5 Å². The van der Waals surface area contributed by atoms with Crippen LogP contribution in [0.1, 0.15) is 42.7 Å². The van der Waals surface area contributed by atoms with E-state index >= 15 is 0 Å². The number of hydrogen-bond acceptors (Lipinski definition) is 4. The Balaban J connectivity index is 1.24. The lowest BCUT2D eigenvalue weighted by molar-refractivity contribution is -0.274. The molecule has 4 rings (SSSR count). The van der Waals surface area contributed by atoms with E-state index in [1.807, 2.05) is 29.2 Å². The molecular weight excluding hydrogens is 483 g/mol. The number of hydrogen-bond donors (Lipinski definition) is 1. The first-order valence-electron chi connectivity index (χ1n) is 12.6. The number of amides is 2. The first kappa shape index (κ1) is 26.7. The minimum absolute atomic E-state index is 0.120. The molecule has 1 N–H and O–H groups in total. The molecule has 2 saturated heterocycles. The Morgan fingerprint density at radius 3 is 2.27 bits per heavy atom. The molecule has 198 valence electrons. The van der Waals surface area contributed by atoms with Crippen LogP contribution in [0.3, 0.4) is 0 Å². The van der Waals surface area contributed by atoms with Crippen LogP contribution in [0.5, 0.6) is 5.75 Å². The molecule has 0 bridgehead atoms. The zero-order chi connectivity index (χ0) is 26.4. The van der Waals surface area contributed by atoms with Gasteiger partial charge in [0, 0.05) is 31.4 Å². The molecule has 9 heteroatoms. The van der Waals surface area contributed by atoms with E-state index in [1.54, 1.807) is 0 Å². The van der Waals surface area contributed by atoms with E-state index in [4.69, 9.17) is 0 Å². The van der Waals surface area contributed by atoms with Gasteiger partial charge in [0.1, 0.15) is 5.75 Å². The Morgan fingerprint density at radius 2 is 1.65 bits per heavy atom. The van der Waals surface area contributed by atoms with Gasteiger partial charge in [-0.05, 0) is 86.7 Å². The standard InChI is InChI=1S/C28H32F3N3O3/c1-33-16-2-3-23(19-33)27(36)34-17-14-22(15-18-34)21-7-9-24(10-8-21)32-26(35)13-6-20-4-11-25(12-5-20)37-28(29,30)31/h4-13,22-23H,2-3,14-19H2,1H3,(H,32,35)/b13-6+. The van der Waals surface area contributed by atoms with E-state index in [1.165, 1.54) is 42.0 Å². The third-order valence-corrected chi connectivity index (χ3v) is 6.97. The maximum absolute atomic E-state index is 12.9. The molecule has 2 aromatic rings. The number of nitrogens with one attached hydrogen (secondary N) is 1. The molecule has 0 spiro atoms. The van der Waals surface area contributed by atoms with Gasteiger partial charge in [-0.25, -0.2) is 0 Å². The summed E-state index contributed by atoms with van der Waals surface area (Å²) >= 11 is 0. The number of ether oxygens (including phenoxy) is 1. The number of carbonyl (C=O) groups is 2. The minimum atomic E-state index is -4.74. The van der Waals surface area contributed by atoms with E-state index in [0.29, 0.717) is 23.1 Å². The van der Waals surface area contributed by atoms with Gasteiger partial charge in [0.05, 0.1) is 5.92 Å². The number of anilines is 1. The normalized spacial score (nSPS) is 19.7. The lowest BCUT2D eigenvalue weighted by Gasteiger charge is -2.37. The molecule has 1 unspecified atom stereocenters. The third-order valence-electron chi connectivity index (χ3n) is 6.97. The first-order valence-corrected chi connectivity index (χ1v) is 12.6. The Kier molecular flexibility index (Phi) is 8.53. The van der Waals surface area contributed by atoms with E-state index < -0.39 is 6.36 Å². The number of benzene rings is 2. The molecule has 2 amide bonds. The number of nitrogens with zero attached hydrogens (tertiary/aromatic N) is 2. The van der Waals surface area contributed by atoms with Gasteiger partial charge in [-0.1, -0.05) is 24.3 Å². The lowest BCUT2D eigenvalue weighted by atomic mass is 9.88. The Morgan fingerprint density at radius 1 is 0.973 bits per heavy atom. The van der Waals surface area contributed by atoms with Crippen LogP contribution in [0.2, 0.25) is 0 Å². The van der Waals surface area contributed by atoms with Crippen LogP contribution in [0.15, 0.2) is 54.6 Å². The predicted octanol–water partition coefficient (Wildman–Crippen LogP) is 5.28. The van der Waals surface area contributed by atoms with Crippen molar-refractivity contribution in [3.05, 3.63) is 65.7 Å². The number of rotatable bonds is 6. The topological polar surface area (TPSA) is 61.9 Å². The fraction of sp³-hybridized carbons (Fsp3) is 0.429. The minimum Gasteiger partial charge on any atom is -0.406 e. The zero-order valence-corrected chi connectivity index (χ0v) is 20.8. The van der Waals surface area contributed by atoms with Crippen LogP contribution in [-0.4, -0.2) is 61.2 Å². The number of carbonyl (C=O) groups excluding carboxylic acids is 2. The molecule has 0 saturated carbocycles. The lowest BCUT2D eigenvalue weighted by Crippen LogP contribution is -2.46. The van der Waals surface area contributed by atoms with Crippen molar-refractivity contribution in [1.82, 2.24) is 9.80 Å². The molecule has 37 heavy (non-hydrogen) atoms.